The molecule has 194 valence electrons. The fraction of sp³-hybridized carbons (Fsp3) is 0.741. The lowest BCUT2D eigenvalue weighted by atomic mass is 9.78. The van der Waals surface area contributed by atoms with Gasteiger partial charge in [0.2, 0.25) is 11.8 Å². The van der Waals surface area contributed by atoms with Gasteiger partial charge in [0, 0.05) is 18.3 Å². The number of hydrogen-bond donors (Lipinski definition) is 1. The number of amides is 2. The van der Waals surface area contributed by atoms with Crippen molar-refractivity contribution in [2.45, 2.75) is 81.4 Å². The lowest BCUT2D eigenvalue weighted by Crippen LogP contribution is -2.56. The summed E-state index contributed by atoms with van der Waals surface area (Å²) in [5.41, 5.74) is 0. The van der Waals surface area contributed by atoms with E-state index in [1.165, 1.54) is 0 Å². The molecule has 1 unspecified atom stereocenters. The highest BCUT2D eigenvalue weighted by molar-refractivity contribution is 8.02. The topological polar surface area (TPSA) is 87.2 Å². The van der Waals surface area contributed by atoms with E-state index >= 15 is 0 Å². The van der Waals surface area contributed by atoms with E-state index in [-0.39, 0.29) is 35.6 Å². The first kappa shape index (κ1) is 26.3. The number of hydrogen-bond acceptors (Lipinski definition) is 6. The predicted molar refractivity (Wildman–Crippen MR) is 137 cm³/mol. The zero-order chi connectivity index (χ0) is 25.2. The van der Waals surface area contributed by atoms with E-state index in [9.17, 15) is 19.5 Å². The first-order valence-corrected chi connectivity index (χ1v) is 14.1. The monoisotopic (exact) mass is 504 g/mol. The maximum absolute atomic E-state index is 14.2. The SMILES string of the molecule is CCCCN1CC=C[C@]23S[C@H]4/C=C\CCCCOC(=O)[C@H]4[C@H]2C(=O)N([C@@H](CO)CC(C)C)C3C1=O. The highest BCUT2D eigenvalue weighted by atomic mass is 32.2. The molecule has 2 fully saturated rings. The number of fused-ring (bicyclic) bond motifs is 2. The molecule has 0 aromatic carbocycles. The number of allylic oxidation sites excluding steroid dienone is 1. The van der Waals surface area contributed by atoms with Crippen molar-refractivity contribution in [2.24, 2.45) is 17.8 Å². The Kier molecular flexibility index (Phi) is 8.31. The van der Waals surface area contributed by atoms with Crippen molar-refractivity contribution in [3.05, 3.63) is 24.3 Å². The van der Waals surface area contributed by atoms with Gasteiger partial charge in [-0.25, -0.2) is 0 Å². The number of cyclic esters (lactones) is 1. The van der Waals surface area contributed by atoms with Crippen LogP contribution in [0.5, 0.6) is 0 Å². The van der Waals surface area contributed by atoms with Crippen molar-refractivity contribution in [3.63, 3.8) is 0 Å². The number of carbonyl (C=O) groups excluding carboxylic acids is 3. The van der Waals surface area contributed by atoms with Gasteiger partial charge < -0.3 is 19.6 Å². The molecular formula is C27H40N2O5S. The minimum atomic E-state index is -0.855. The van der Waals surface area contributed by atoms with Gasteiger partial charge in [0.05, 0.1) is 35.8 Å². The van der Waals surface area contributed by atoms with Gasteiger partial charge in [-0.3, -0.25) is 14.4 Å². The molecule has 4 rings (SSSR count). The molecule has 0 radical (unpaired) electrons. The van der Waals surface area contributed by atoms with Crippen molar-refractivity contribution in [3.8, 4) is 0 Å². The summed E-state index contributed by atoms with van der Waals surface area (Å²) in [5.74, 6) is -1.71. The molecule has 0 aliphatic carbocycles. The average Bonchev–Trinajstić information content (AvgIpc) is 3.22. The normalized spacial score (nSPS) is 34.8. The number of esters is 1. The van der Waals surface area contributed by atoms with E-state index < -0.39 is 28.7 Å². The van der Waals surface area contributed by atoms with Crippen LogP contribution < -0.4 is 0 Å². The Labute approximate surface area is 213 Å². The minimum absolute atomic E-state index is 0.0740. The van der Waals surface area contributed by atoms with E-state index in [1.54, 1.807) is 16.7 Å². The van der Waals surface area contributed by atoms with E-state index in [1.807, 2.05) is 17.1 Å². The van der Waals surface area contributed by atoms with Gasteiger partial charge in [0.15, 0.2) is 0 Å². The second-order valence-electron chi connectivity index (χ2n) is 10.7. The smallest absolute Gasteiger partial charge is 0.311 e. The van der Waals surface area contributed by atoms with E-state index in [4.69, 9.17) is 4.74 Å². The summed E-state index contributed by atoms with van der Waals surface area (Å²) in [6.45, 7) is 7.47. The molecular weight excluding hydrogens is 464 g/mol. The predicted octanol–water partition coefficient (Wildman–Crippen LogP) is 3.17. The maximum Gasteiger partial charge on any atom is 0.311 e. The zero-order valence-corrected chi connectivity index (χ0v) is 22.0. The van der Waals surface area contributed by atoms with Crippen LogP contribution in [-0.4, -0.2) is 81.1 Å². The zero-order valence-electron chi connectivity index (χ0n) is 21.2. The largest absolute Gasteiger partial charge is 0.465 e. The Bertz CT molecular complexity index is 874. The quantitative estimate of drug-likeness (QED) is 0.423. The minimum Gasteiger partial charge on any atom is -0.465 e. The van der Waals surface area contributed by atoms with Crippen molar-refractivity contribution in [2.75, 3.05) is 26.3 Å². The highest BCUT2D eigenvalue weighted by Crippen LogP contribution is 2.61. The fourth-order valence-corrected chi connectivity index (χ4v) is 8.15. The number of thioether (sulfide) groups is 1. The Morgan fingerprint density at radius 1 is 1.20 bits per heavy atom. The van der Waals surface area contributed by atoms with Gasteiger partial charge >= 0.3 is 5.97 Å². The number of carbonyl (C=O) groups is 3. The van der Waals surface area contributed by atoms with Crippen LogP contribution >= 0.6 is 11.8 Å². The summed E-state index contributed by atoms with van der Waals surface area (Å²) in [4.78, 5) is 45.2. The number of unbranched alkanes of at least 4 members (excludes halogenated alkanes) is 1. The van der Waals surface area contributed by atoms with Crippen LogP contribution in [0.2, 0.25) is 0 Å². The van der Waals surface area contributed by atoms with Gasteiger partial charge in [0.1, 0.15) is 6.04 Å². The van der Waals surface area contributed by atoms with Crippen molar-refractivity contribution < 1.29 is 24.2 Å². The molecule has 1 N–H and O–H groups in total. The lowest BCUT2D eigenvalue weighted by molar-refractivity contribution is -0.154. The van der Waals surface area contributed by atoms with Gasteiger partial charge in [-0.05, 0) is 38.0 Å². The van der Waals surface area contributed by atoms with Gasteiger partial charge in [-0.2, -0.15) is 0 Å². The number of nitrogens with zero attached hydrogens (tertiary/aromatic N) is 2. The highest BCUT2D eigenvalue weighted by Gasteiger charge is 2.71. The molecule has 0 saturated carbocycles. The number of rotatable bonds is 7. The Balaban J connectivity index is 1.81. The molecule has 4 heterocycles. The standard InChI is InChI=1S/C27H40N2O5S/c1-4-5-13-28-14-10-12-27-22(21-20(35-27)11-8-6-7-9-15-34-26(21)33)24(31)29(23(27)25(28)32)19(17-30)16-18(2)3/h8,10-12,18-23,30H,4-7,9,13-17H2,1-3H3/b11-8-/t19-,20+,21-,22+,23?,27+/m1/s1. The second kappa shape index (κ2) is 11.1. The van der Waals surface area contributed by atoms with Crippen LogP contribution in [0.25, 0.3) is 0 Å². The summed E-state index contributed by atoms with van der Waals surface area (Å²) in [5, 5.41) is 10.1. The van der Waals surface area contributed by atoms with Gasteiger partial charge in [0.25, 0.3) is 0 Å². The van der Waals surface area contributed by atoms with Crippen LogP contribution in [0, 0.1) is 17.8 Å². The van der Waals surface area contributed by atoms with Crippen LogP contribution in [0.1, 0.15) is 59.3 Å². The molecule has 1 spiro atoms. The number of aliphatic hydroxyl groups is 1. The van der Waals surface area contributed by atoms with E-state index in [0.717, 1.165) is 32.1 Å². The first-order valence-electron chi connectivity index (χ1n) is 13.3. The molecule has 8 heteroatoms. The molecule has 0 bridgehead atoms. The molecule has 2 amide bonds. The third kappa shape index (κ3) is 4.80. The van der Waals surface area contributed by atoms with Crippen molar-refractivity contribution in [1.82, 2.24) is 9.80 Å². The van der Waals surface area contributed by atoms with Crippen LogP contribution in [0.4, 0.5) is 0 Å². The number of aliphatic hydroxyl groups excluding tert-OH is 1. The van der Waals surface area contributed by atoms with Crippen LogP contribution in [0.15, 0.2) is 24.3 Å². The molecule has 35 heavy (non-hydrogen) atoms. The summed E-state index contributed by atoms with van der Waals surface area (Å²) >= 11 is 1.57. The number of likely N-dealkylation sites (tertiary alicyclic amines) is 1. The molecule has 4 aliphatic heterocycles. The second-order valence-corrected chi connectivity index (χ2v) is 12.2. The Morgan fingerprint density at radius 3 is 2.71 bits per heavy atom. The maximum atomic E-state index is 14.2. The van der Waals surface area contributed by atoms with E-state index in [0.29, 0.717) is 26.1 Å². The summed E-state index contributed by atoms with van der Waals surface area (Å²) in [7, 11) is 0. The average molecular weight is 505 g/mol. The molecule has 0 aromatic heterocycles. The van der Waals surface area contributed by atoms with Gasteiger partial charge in [-0.15, -0.1) is 11.8 Å². The summed E-state index contributed by atoms with van der Waals surface area (Å²) < 4.78 is 4.80. The van der Waals surface area contributed by atoms with Crippen LogP contribution in [0.3, 0.4) is 0 Å². The van der Waals surface area contributed by atoms with Crippen molar-refractivity contribution in [1.29, 1.82) is 0 Å². The fourth-order valence-electron chi connectivity index (χ4n) is 6.17. The first-order chi connectivity index (χ1) is 16.9. The molecule has 2 saturated heterocycles. The van der Waals surface area contributed by atoms with E-state index in [2.05, 4.69) is 32.9 Å². The molecule has 0 aromatic rings. The Morgan fingerprint density at radius 2 is 2.00 bits per heavy atom. The Hall–Kier alpha value is -1.80. The third-order valence-corrected chi connectivity index (χ3v) is 9.50. The third-order valence-electron chi connectivity index (χ3n) is 7.75. The summed E-state index contributed by atoms with van der Waals surface area (Å²) in [6, 6.07) is -1.21. The van der Waals surface area contributed by atoms with Gasteiger partial charge in [-0.1, -0.05) is 51.5 Å². The number of ether oxygens (including phenoxy) is 1. The molecule has 4 aliphatic rings. The molecule has 6 atom stereocenters. The van der Waals surface area contributed by atoms with Crippen LogP contribution in [-0.2, 0) is 19.1 Å². The lowest BCUT2D eigenvalue weighted by Gasteiger charge is -2.39. The van der Waals surface area contributed by atoms with Crippen molar-refractivity contribution >= 4 is 29.5 Å². The summed E-state index contributed by atoms with van der Waals surface area (Å²) in [6.07, 6.45) is 13.3. The molecule has 7 nitrogen and oxygen atoms in total.